The first-order valence-corrected chi connectivity index (χ1v) is 10.4. The van der Waals surface area contributed by atoms with E-state index in [0.29, 0.717) is 4.88 Å². The van der Waals surface area contributed by atoms with Crippen LogP contribution >= 0.6 is 11.3 Å². The Hall–Kier alpha value is -0.920. The van der Waals surface area contributed by atoms with Crippen LogP contribution in [0.25, 0.3) is 0 Å². The number of nitrogens with zero attached hydrogens (tertiary/aromatic N) is 1. The average Bonchev–Trinajstić information content (AvgIpc) is 2.77. The normalized spacial score (nSPS) is 20.9. The molecule has 2 rings (SSSR count). The highest BCUT2D eigenvalue weighted by Crippen LogP contribution is 2.28. The van der Waals surface area contributed by atoms with Crippen molar-refractivity contribution in [3.63, 3.8) is 0 Å². The summed E-state index contributed by atoms with van der Waals surface area (Å²) in [7, 11) is -3.10. The van der Waals surface area contributed by atoms with Crippen LogP contribution in [0.3, 0.4) is 0 Å². The Morgan fingerprint density at radius 1 is 1.50 bits per heavy atom. The fourth-order valence-electron chi connectivity index (χ4n) is 2.95. The number of hydrogen-bond donors (Lipinski definition) is 1. The second kappa shape index (κ2) is 6.68. The van der Waals surface area contributed by atoms with Gasteiger partial charge in [0.1, 0.15) is 0 Å². The number of aryl methyl sites for hydroxylation is 1. The molecule has 124 valence electrons. The molecule has 0 radical (unpaired) electrons. The van der Waals surface area contributed by atoms with E-state index in [1.807, 2.05) is 18.7 Å². The number of carbonyl (C=O) groups excluding carboxylic acids is 1. The number of sulfone groups is 1. The first-order valence-electron chi connectivity index (χ1n) is 7.52. The van der Waals surface area contributed by atoms with Gasteiger partial charge in [-0.2, -0.15) is 0 Å². The number of amides is 1. The summed E-state index contributed by atoms with van der Waals surface area (Å²) >= 11 is 1.37. The van der Waals surface area contributed by atoms with Crippen LogP contribution in [0.5, 0.6) is 0 Å². The predicted molar refractivity (Wildman–Crippen MR) is 89.9 cm³/mol. The highest BCUT2D eigenvalue weighted by molar-refractivity contribution is 7.89. The predicted octanol–water partition coefficient (Wildman–Crippen LogP) is 1.94. The Morgan fingerprint density at radius 3 is 2.77 bits per heavy atom. The van der Waals surface area contributed by atoms with Crippen molar-refractivity contribution in [2.45, 2.75) is 50.9 Å². The Labute approximate surface area is 136 Å². The number of nitrogens with two attached hydrogens (primary N) is 1. The number of rotatable bonds is 4. The van der Waals surface area contributed by atoms with Gasteiger partial charge < -0.3 is 10.6 Å². The lowest BCUT2D eigenvalue weighted by molar-refractivity contribution is 0.0589. The van der Waals surface area contributed by atoms with Crippen LogP contribution in [-0.4, -0.2) is 44.1 Å². The molecule has 2 unspecified atom stereocenters. The monoisotopic (exact) mass is 344 g/mol. The van der Waals surface area contributed by atoms with E-state index in [-0.39, 0.29) is 23.7 Å². The fraction of sp³-hybridized carbons (Fsp3) is 0.667. The van der Waals surface area contributed by atoms with Crippen LogP contribution in [0.4, 0.5) is 0 Å². The van der Waals surface area contributed by atoms with E-state index in [1.165, 1.54) is 17.6 Å². The molecule has 22 heavy (non-hydrogen) atoms. The van der Waals surface area contributed by atoms with Gasteiger partial charge in [0.05, 0.1) is 10.6 Å². The van der Waals surface area contributed by atoms with Gasteiger partial charge >= 0.3 is 0 Å². The van der Waals surface area contributed by atoms with Crippen LogP contribution in [0.15, 0.2) is 6.07 Å². The van der Waals surface area contributed by atoms with E-state index < -0.39 is 9.84 Å². The highest BCUT2D eigenvalue weighted by atomic mass is 32.2. The molecular formula is C15H24N2O3S2. The minimum absolute atomic E-state index is 0.0146. The van der Waals surface area contributed by atoms with Gasteiger partial charge in [-0.1, -0.05) is 0 Å². The molecule has 0 spiro atoms. The molecule has 2 atom stereocenters. The number of piperidine rings is 1. The van der Waals surface area contributed by atoms with Gasteiger partial charge in [-0.15, -0.1) is 11.3 Å². The molecule has 5 nitrogen and oxygen atoms in total. The lowest BCUT2D eigenvalue weighted by atomic mass is 9.97. The first kappa shape index (κ1) is 17.4. The van der Waals surface area contributed by atoms with Crippen molar-refractivity contribution in [3.05, 3.63) is 21.4 Å². The zero-order valence-electron chi connectivity index (χ0n) is 13.3. The highest BCUT2D eigenvalue weighted by Gasteiger charge is 2.31. The SMILES string of the molecule is Cc1sc(C(=O)N2CCCCC2C(C)N)cc1CS(C)(=O)=O. The third-order valence-corrected chi connectivity index (χ3v) is 5.98. The molecule has 0 saturated carbocycles. The standard InChI is InChI=1S/C15H24N2O3S2/c1-10(16)13-6-4-5-7-17(13)15(18)14-8-12(11(2)21-14)9-22(3,19)20/h8,10,13H,4-7,9,16H2,1-3H3. The zero-order chi connectivity index (χ0) is 16.5. The fourth-order valence-corrected chi connectivity index (χ4v) is 4.90. The van der Waals surface area contributed by atoms with Gasteiger partial charge in [-0.05, 0) is 44.7 Å². The van der Waals surface area contributed by atoms with Gasteiger partial charge in [0, 0.05) is 29.8 Å². The Balaban J connectivity index is 2.23. The molecular weight excluding hydrogens is 320 g/mol. The summed E-state index contributed by atoms with van der Waals surface area (Å²) in [5.74, 6) is -0.0332. The summed E-state index contributed by atoms with van der Waals surface area (Å²) in [6.07, 6.45) is 4.24. The van der Waals surface area contributed by atoms with E-state index in [0.717, 1.165) is 36.2 Å². The molecule has 1 amide bonds. The van der Waals surface area contributed by atoms with Crippen molar-refractivity contribution in [2.75, 3.05) is 12.8 Å². The lowest BCUT2D eigenvalue weighted by Crippen LogP contribution is -2.51. The maximum atomic E-state index is 12.8. The van der Waals surface area contributed by atoms with Gasteiger partial charge in [0.2, 0.25) is 0 Å². The van der Waals surface area contributed by atoms with Crippen LogP contribution in [0.1, 0.15) is 46.3 Å². The van der Waals surface area contributed by atoms with E-state index in [9.17, 15) is 13.2 Å². The smallest absolute Gasteiger partial charge is 0.264 e. The van der Waals surface area contributed by atoms with Gasteiger partial charge in [0.15, 0.2) is 9.84 Å². The minimum Gasteiger partial charge on any atom is -0.333 e. The van der Waals surface area contributed by atoms with Crippen molar-refractivity contribution in [3.8, 4) is 0 Å². The molecule has 2 heterocycles. The molecule has 7 heteroatoms. The van der Waals surface area contributed by atoms with E-state index in [2.05, 4.69) is 0 Å². The molecule has 1 aromatic rings. The van der Waals surface area contributed by atoms with Crippen molar-refractivity contribution in [1.29, 1.82) is 0 Å². The summed E-state index contributed by atoms with van der Waals surface area (Å²) in [6, 6.07) is 1.75. The average molecular weight is 345 g/mol. The van der Waals surface area contributed by atoms with Crippen molar-refractivity contribution in [1.82, 2.24) is 4.90 Å². The van der Waals surface area contributed by atoms with Crippen LogP contribution < -0.4 is 5.73 Å². The molecule has 0 bridgehead atoms. The molecule has 1 saturated heterocycles. The van der Waals surface area contributed by atoms with Gasteiger partial charge in [-0.3, -0.25) is 4.79 Å². The molecule has 2 N–H and O–H groups in total. The zero-order valence-corrected chi connectivity index (χ0v) is 15.0. The van der Waals surface area contributed by atoms with Gasteiger partial charge in [0.25, 0.3) is 5.91 Å². The first-order chi connectivity index (χ1) is 10.2. The summed E-state index contributed by atoms with van der Waals surface area (Å²) in [6.45, 7) is 4.52. The molecule has 1 aromatic heterocycles. The van der Waals surface area contributed by atoms with Crippen molar-refractivity contribution in [2.24, 2.45) is 5.73 Å². The van der Waals surface area contributed by atoms with Crippen LogP contribution in [0.2, 0.25) is 0 Å². The number of thiophene rings is 1. The van der Waals surface area contributed by atoms with Crippen LogP contribution in [0, 0.1) is 6.92 Å². The summed E-state index contributed by atoms with van der Waals surface area (Å²) in [5.41, 5.74) is 6.75. The maximum Gasteiger partial charge on any atom is 0.264 e. The summed E-state index contributed by atoms with van der Waals surface area (Å²) in [5, 5.41) is 0. The van der Waals surface area contributed by atoms with Crippen molar-refractivity contribution < 1.29 is 13.2 Å². The Bertz CT molecular complexity index is 650. The second-order valence-electron chi connectivity index (χ2n) is 6.18. The Kier molecular flexibility index (Phi) is 5.29. The van der Waals surface area contributed by atoms with E-state index in [4.69, 9.17) is 5.73 Å². The number of carbonyl (C=O) groups is 1. The minimum atomic E-state index is -3.10. The van der Waals surface area contributed by atoms with Crippen LogP contribution in [-0.2, 0) is 15.6 Å². The van der Waals surface area contributed by atoms with E-state index >= 15 is 0 Å². The third kappa shape index (κ3) is 4.08. The topological polar surface area (TPSA) is 80.5 Å². The van der Waals surface area contributed by atoms with E-state index in [1.54, 1.807) is 6.07 Å². The Morgan fingerprint density at radius 2 is 2.18 bits per heavy atom. The third-order valence-electron chi connectivity index (χ3n) is 4.07. The molecule has 1 fully saturated rings. The maximum absolute atomic E-state index is 12.8. The number of likely N-dealkylation sites (tertiary alicyclic amines) is 1. The van der Waals surface area contributed by atoms with Gasteiger partial charge in [-0.25, -0.2) is 8.42 Å². The quantitative estimate of drug-likeness (QED) is 0.905. The largest absolute Gasteiger partial charge is 0.333 e. The number of hydrogen-bond acceptors (Lipinski definition) is 5. The molecule has 0 aromatic carbocycles. The lowest BCUT2D eigenvalue weighted by Gasteiger charge is -2.37. The molecule has 0 aliphatic carbocycles. The summed E-state index contributed by atoms with van der Waals surface area (Å²) < 4.78 is 22.9. The summed E-state index contributed by atoms with van der Waals surface area (Å²) in [4.78, 5) is 16.1. The second-order valence-corrected chi connectivity index (χ2v) is 9.58. The van der Waals surface area contributed by atoms with Crippen molar-refractivity contribution >= 4 is 27.1 Å². The molecule has 1 aliphatic rings. The molecule has 1 aliphatic heterocycles.